The normalized spacial score (nSPS) is 16.3. The van der Waals surface area contributed by atoms with Gasteiger partial charge in [0, 0.05) is 25.8 Å². The standard InChI is InChI=1S/C15H18FN3O2/c1-12(19-7-9-20-10-8-19)11-18-15(17-2)21-14-5-3-13(16)4-6-14/h3-6,11H,1,7-10H2,2H3/b17-15+,18-11-. The Hall–Kier alpha value is -2.21. The molecule has 0 unspecified atom stereocenters. The summed E-state index contributed by atoms with van der Waals surface area (Å²) < 4.78 is 23.6. The molecule has 0 bridgehead atoms. The van der Waals surface area contributed by atoms with Gasteiger partial charge in [-0.05, 0) is 24.3 Å². The van der Waals surface area contributed by atoms with Crippen LogP contribution in [0, 0.1) is 5.82 Å². The maximum absolute atomic E-state index is 12.8. The molecule has 0 amide bonds. The van der Waals surface area contributed by atoms with Crippen molar-refractivity contribution in [3.8, 4) is 5.75 Å². The van der Waals surface area contributed by atoms with E-state index in [1.165, 1.54) is 24.3 Å². The Morgan fingerprint density at radius 1 is 1.33 bits per heavy atom. The number of amidine groups is 1. The second kappa shape index (κ2) is 7.54. The number of morpholine rings is 1. The van der Waals surface area contributed by atoms with Gasteiger partial charge in [0.2, 0.25) is 0 Å². The van der Waals surface area contributed by atoms with E-state index in [1.54, 1.807) is 13.3 Å². The molecule has 0 aliphatic carbocycles. The molecule has 2 rings (SSSR count). The SMILES string of the molecule is C=C(/C=N\C(=N/C)Oc1ccc(F)cc1)N1CCOCC1. The van der Waals surface area contributed by atoms with Crippen LogP contribution in [0.15, 0.2) is 46.5 Å². The van der Waals surface area contributed by atoms with E-state index >= 15 is 0 Å². The number of benzene rings is 1. The third-order valence-electron chi connectivity index (χ3n) is 2.96. The third kappa shape index (κ3) is 4.68. The van der Waals surface area contributed by atoms with Crippen LogP contribution in [-0.2, 0) is 4.74 Å². The second-order valence-electron chi connectivity index (χ2n) is 4.41. The van der Waals surface area contributed by atoms with Crippen LogP contribution in [0.4, 0.5) is 4.39 Å². The zero-order valence-corrected chi connectivity index (χ0v) is 12.0. The maximum atomic E-state index is 12.8. The molecule has 6 heteroatoms. The Bertz CT molecular complexity index is 534. The zero-order chi connectivity index (χ0) is 15.1. The number of ether oxygens (including phenoxy) is 2. The fourth-order valence-electron chi connectivity index (χ4n) is 1.80. The number of hydrogen-bond donors (Lipinski definition) is 0. The summed E-state index contributed by atoms with van der Waals surface area (Å²) in [4.78, 5) is 10.2. The Kier molecular flexibility index (Phi) is 5.45. The van der Waals surface area contributed by atoms with Crippen molar-refractivity contribution >= 4 is 12.2 Å². The monoisotopic (exact) mass is 291 g/mol. The van der Waals surface area contributed by atoms with Crippen molar-refractivity contribution in [1.82, 2.24) is 4.90 Å². The minimum atomic E-state index is -0.318. The molecule has 21 heavy (non-hydrogen) atoms. The van der Waals surface area contributed by atoms with Gasteiger partial charge in [0.25, 0.3) is 0 Å². The van der Waals surface area contributed by atoms with E-state index in [0.717, 1.165) is 18.8 Å². The van der Waals surface area contributed by atoms with Crippen LogP contribution >= 0.6 is 0 Å². The number of aliphatic imine (C=N–C) groups is 2. The van der Waals surface area contributed by atoms with Crippen LogP contribution < -0.4 is 4.74 Å². The maximum Gasteiger partial charge on any atom is 0.316 e. The van der Waals surface area contributed by atoms with Crippen LogP contribution in [-0.4, -0.2) is 50.5 Å². The molecular weight excluding hydrogens is 273 g/mol. The molecule has 1 heterocycles. The van der Waals surface area contributed by atoms with E-state index in [1.807, 2.05) is 0 Å². The molecule has 1 aromatic carbocycles. The van der Waals surface area contributed by atoms with Crippen molar-refractivity contribution in [2.24, 2.45) is 9.98 Å². The lowest BCUT2D eigenvalue weighted by atomic mass is 10.3. The van der Waals surface area contributed by atoms with Gasteiger partial charge in [0.1, 0.15) is 11.6 Å². The highest BCUT2D eigenvalue weighted by molar-refractivity contribution is 5.90. The largest absolute Gasteiger partial charge is 0.425 e. The predicted octanol–water partition coefficient (Wildman–Crippen LogP) is 2.11. The Morgan fingerprint density at radius 3 is 2.62 bits per heavy atom. The van der Waals surface area contributed by atoms with Crippen molar-refractivity contribution in [3.63, 3.8) is 0 Å². The summed E-state index contributed by atoms with van der Waals surface area (Å²) in [6, 6.07) is 5.87. The fraction of sp³-hybridized carbons (Fsp3) is 0.333. The summed E-state index contributed by atoms with van der Waals surface area (Å²) in [7, 11) is 1.58. The molecule has 1 saturated heterocycles. The molecule has 112 valence electrons. The fourth-order valence-corrected chi connectivity index (χ4v) is 1.80. The minimum Gasteiger partial charge on any atom is -0.425 e. The van der Waals surface area contributed by atoms with Gasteiger partial charge < -0.3 is 14.4 Å². The topological polar surface area (TPSA) is 46.4 Å². The summed E-state index contributed by atoms with van der Waals surface area (Å²) in [6.45, 7) is 6.93. The van der Waals surface area contributed by atoms with Gasteiger partial charge in [-0.3, -0.25) is 0 Å². The van der Waals surface area contributed by atoms with E-state index in [4.69, 9.17) is 9.47 Å². The first-order valence-electron chi connectivity index (χ1n) is 6.65. The Morgan fingerprint density at radius 2 is 2.00 bits per heavy atom. The Balaban J connectivity index is 1.93. The molecule has 0 aromatic heterocycles. The molecule has 1 fully saturated rings. The van der Waals surface area contributed by atoms with Gasteiger partial charge in [-0.15, -0.1) is 0 Å². The molecule has 5 nitrogen and oxygen atoms in total. The van der Waals surface area contributed by atoms with Crippen LogP contribution in [0.2, 0.25) is 0 Å². The van der Waals surface area contributed by atoms with E-state index in [9.17, 15) is 4.39 Å². The van der Waals surface area contributed by atoms with Crippen LogP contribution in [0.25, 0.3) is 0 Å². The summed E-state index contributed by atoms with van der Waals surface area (Å²) in [5.41, 5.74) is 0.780. The summed E-state index contributed by atoms with van der Waals surface area (Å²) in [5, 5.41) is 0. The highest BCUT2D eigenvalue weighted by Gasteiger charge is 2.10. The first-order chi connectivity index (χ1) is 10.2. The highest BCUT2D eigenvalue weighted by atomic mass is 19.1. The smallest absolute Gasteiger partial charge is 0.316 e. The van der Waals surface area contributed by atoms with Crippen molar-refractivity contribution < 1.29 is 13.9 Å². The van der Waals surface area contributed by atoms with Crippen molar-refractivity contribution in [2.75, 3.05) is 33.4 Å². The molecule has 0 N–H and O–H groups in total. The van der Waals surface area contributed by atoms with Gasteiger partial charge in [-0.25, -0.2) is 14.4 Å². The van der Waals surface area contributed by atoms with Gasteiger partial charge in [0.05, 0.1) is 19.4 Å². The molecule has 0 spiro atoms. The number of halogens is 1. The second-order valence-corrected chi connectivity index (χ2v) is 4.41. The lowest BCUT2D eigenvalue weighted by Gasteiger charge is -2.28. The molecule has 1 aliphatic heterocycles. The van der Waals surface area contributed by atoms with Crippen LogP contribution in [0.3, 0.4) is 0 Å². The van der Waals surface area contributed by atoms with Gasteiger partial charge >= 0.3 is 6.02 Å². The van der Waals surface area contributed by atoms with E-state index in [2.05, 4.69) is 21.5 Å². The lowest BCUT2D eigenvalue weighted by molar-refractivity contribution is 0.0569. The Labute approximate surface area is 123 Å². The van der Waals surface area contributed by atoms with Gasteiger partial charge in [-0.1, -0.05) is 6.58 Å². The number of hydrogen-bond acceptors (Lipinski definition) is 4. The molecular formula is C15H18FN3O2. The number of rotatable bonds is 3. The first-order valence-corrected chi connectivity index (χ1v) is 6.65. The van der Waals surface area contributed by atoms with Crippen LogP contribution in [0.5, 0.6) is 5.75 Å². The number of allylic oxidation sites excluding steroid dienone is 1. The van der Waals surface area contributed by atoms with Crippen molar-refractivity contribution in [2.45, 2.75) is 0 Å². The molecule has 0 saturated carbocycles. The third-order valence-corrected chi connectivity index (χ3v) is 2.96. The highest BCUT2D eigenvalue weighted by Crippen LogP contribution is 2.12. The average Bonchev–Trinajstić information content (AvgIpc) is 2.53. The molecule has 1 aromatic rings. The quantitative estimate of drug-likeness (QED) is 0.633. The predicted molar refractivity (Wildman–Crippen MR) is 80.4 cm³/mol. The first kappa shape index (κ1) is 15.2. The van der Waals surface area contributed by atoms with Crippen LogP contribution in [0.1, 0.15) is 0 Å². The van der Waals surface area contributed by atoms with Gasteiger partial charge in [-0.2, -0.15) is 0 Å². The summed E-state index contributed by atoms with van der Waals surface area (Å²) in [6.07, 6.45) is 1.61. The average molecular weight is 291 g/mol. The van der Waals surface area contributed by atoms with Gasteiger partial charge in [0.15, 0.2) is 0 Å². The zero-order valence-electron chi connectivity index (χ0n) is 12.0. The molecule has 1 aliphatic rings. The van der Waals surface area contributed by atoms with Crippen molar-refractivity contribution in [1.29, 1.82) is 0 Å². The number of nitrogens with zero attached hydrogens (tertiary/aromatic N) is 3. The lowest BCUT2D eigenvalue weighted by Crippen LogP contribution is -2.35. The molecule has 0 atom stereocenters. The summed E-state index contributed by atoms with van der Waals surface area (Å²) in [5.74, 6) is 0.160. The van der Waals surface area contributed by atoms with E-state index in [-0.39, 0.29) is 11.8 Å². The van der Waals surface area contributed by atoms with E-state index < -0.39 is 0 Å². The molecule has 0 radical (unpaired) electrons. The van der Waals surface area contributed by atoms with E-state index in [0.29, 0.717) is 19.0 Å². The van der Waals surface area contributed by atoms with Crippen molar-refractivity contribution in [3.05, 3.63) is 42.4 Å². The summed E-state index contributed by atoms with van der Waals surface area (Å²) >= 11 is 0. The minimum absolute atomic E-state index is 0.191.